The fourth-order valence-corrected chi connectivity index (χ4v) is 4.71. The molecule has 0 radical (unpaired) electrons. The van der Waals surface area contributed by atoms with Crippen molar-refractivity contribution in [1.82, 2.24) is 10.2 Å². The minimum absolute atomic E-state index is 0.0156. The monoisotopic (exact) mass is 411 g/mol. The second-order valence-corrected chi connectivity index (χ2v) is 8.89. The number of anilines is 1. The molecule has 2 atom stereocenters. The number of carbonyl (C=O) groups excluding carboxylic acids is 3. The first-order valence-electron chi connectivity index (χ1n) is 9.90. The lowest BCUT2D eigenvalue weighted by Gasteiger charge is -2.29. The molecule has 1 aromatic carbocycles. The summed E-state index contributed by atoms with van der Waals surface area (Å²) in [5.74, 6) is -0.893. The Morgan fingerprint density at radius 3 is 2.55 bits per heavy atom. The molecule has 2 heterocycles. The lowest BCUT2D eigenvalue weighted by atomic mass is 9.97. The van der Waals surface area contributed by atoms with E-state index in [-0.39, 0.29) is 42.8 Å². The molecule has 29 heavy (non-hydrogen) atoms. The van der Waals surface area contributed by atoms with Crippen molar-refractivity contribution < 1.29 is 14.4 Å². The summed E-state index contributed by atoms with van der Waals surface area (Å²) >= 11 is 1.54. The molecule has 1 saturated heterocycles. The van der Waals surface area contributed by atoms with Gasteiger partial charge in [0, 0.05) is 30.1 Å². The Morgan fingerprint density at radius 1 is 1.21 bits per heavy atom. The van der Waals surface area contributed by atoms with Gasteiger partial charge in [-0.3, -0.25) is 14.4 Å². The van der Waals surface area contributed by atoms with E-state index in [1.165, 1.54) is 4.90 Å². The van der Waals surface area contributed by atoms with Gasteiger partial charge in [0.25, 0.3) is 0 Å². The molecular weight excluding hydrogens is 386 g/mol. The van der Waals surface area contributed by atoms with Gasteiger partial charge in [-0.15, -0.1) is 11.3 Å². The van der Waals surface area contributed by atoms with Gasteiger partial charge in [-0.2, -0.15) is 0 Å². The molecule has 6 nitrogen and oxygen atoms in total. The second-order valence-electron chi connectivity index (χ2n) is 7.91. The number of carbonyl (C=O) groups is 3. The van der Waals surface area contributed by atoms with E-state index in [0.29, 0.717) is 0 Å². The average Bonchev–Trinajstić information content (AvgIpc) is 3.20. The molecule has 0 spiro atoms. The molecule has 1 saturated carbocycles. The third kappa shape index (κ3) is 4.19. The summed E-state index contributed by atoms with van der Waals surface area (Å²) in [7, 11) is 1.64. The first kappa shape index (κ1) is 19.6. The van der Waals surface area contributed by atoms with E-state index >= 15 is 0 Å². The minimum atomic E-state index is -0.513. The van der Waals surface area contributed by atoms with Crippen LogP contribution in [0.3, 0.4) is 0 Å². The van der Waals surface area contributed by atoms with E-state index in [9.17, 15) is 14.4 Å². The second kappa shape index (κ2) is 7.99. The summed E-state index contributed by atoms with van der Waals surface area (Å²) < 4.78 is 0. The molecule has 2 aromatic rings. The number of rotatable bonds is 6. The first-order valence-corrected chi connectivity index (χ1v) is 10.8. The lowest BCUT2D eigenvalue weighted by Crippen LogP contribution is -2.42. The smallest absolute Gasteiger partial charge is 0.239 e. The zero-order valence-corrected chi connectivity index (χ0v) is 17.4. The maximum atomic E-state index is 13.2. The third-order valence-corrected chi connectivity index (χ3v) is 6.43. The molecule has 4 rings (SSSR count). The van der Waals surface area contributed by atoms with Crippen molar-refractivity contribution in [1.29, 1.82) is 0 Å². The quantitative estimate of drug-likeness (QED) is 0.795. The van der Waals surface area contributed by atoms with E-state index < -0.39 is 5.92 Å². The van der Waals surface area contributed by atoms with Crippen molar-refractivity contribution in [2.24, 2.45) is 5.92 Å². The molecule has 0 bridgehead atoms. The fraction of sp³-hybridized carbons (Fsp3) is 0.409. The Labute approximate surface area is 174 Å². The van der Waals surface area contributed by atoms with Crippen molar-refractivity contribution in [2.45, 2.75) is 38.3 Å². The predicted octanol–water partition coefficient (Wildman–Crippen LogP) is 2.89. The standard InChI is InChI=1S/C22H25N3O3S/c1-14-5-9-16(10-6-14)25-20(27)12-17(21(25)18-4-3-11-29-18)22(28)24(2)13-19(26)23-15-7-8-15/h3-6,9-11,15,17,21H,7-8,12-13H2,1-2H3,(H,23,26). The van der Waals surface area contributed by atoms with Gasteiger partial charge in [0.05, 0.1) is 18.5 Å². The van der Waals surface area contributed by atoms with Gasteiger partial charge < -0.3 is 15.1 Å². The van der Waals surface area contributed by atoms with Crippen LogP contribution in [0, 0.1) is 12.8 Å². The van der Waals surface area contributed by atoms with Crippen molar-refractivity contribution >= 4 is 34.7 Å². The molecule has 3 amide bonds. The first-order chi connectivity index (χ1) is 13.9. The molecule has 2 aliphatic rings. The van der Waals surface area contributed by atoms with Crippen LogP contribution in [-0.4, -0.2) is 42.3 Å². The number of hydrogen-bond acceptors (Lipinski definition) is 4. The van der Waals surface area contributed by atoms with Gasteiger partial charge in [0.1, 0.15) is 0 Å². The summed E-state index contributed by atoms with van der Waals surface area (Å²) in [6.45, 7) is 2.02. The van der Waals surface area contributed by atoms with Gasteiger partial charge in [-0.05, 0) is 43.3 Å². The number of aryl methyl sites for hydroxylation is 1. The highest BCUT2D eigenvalue weighted by Gasteiger charge is 2.46. The Balaban J connectivity index is 1.58. The highest BCUT2D eigenvalue weighted by atomic mass is 32.1. The highest BCUT2D eigenvalue weighted by molar-refractivity contribution is 7.10. The molecule has 2 fully saturated rings. The summed E-state index contributed by atoms with van der Waals surface area (Å²) in [5, 5.41) is 4.87. The van der Waals surface area contributed by atoms with E-state index in [1.54, 1.807) is 23.3 Å². The molecule has 7 heteroatoms. The van der Waals surface area contributed by atoms with E-state index in [2.05, 4.69) is 5.32 Å². The summed E-state index contributed by atoms with van der Waals surface area (Å²) in [6, 6.07) is 11.6. The van der Waals surface area contributed by atoms with Crippen molar-refractivity contribution in [2.75, 3.05) is 18.5 Å². The number of nitrogens with zero attached hydrogens (tertiary/aromatic N) is 2. The van der Waals surface area contributed by atoms with Crippen LogP contribution in [0.25, 0.3) is 0 Å². The summed E-state index contributed by atoms with van der Waals surface area (Å²) in [4.78, 5) is 42.5. The van der Waals surface area contributed by atoms with Gasteiger partial charge in [-0.1, -0.05) is 23.8 Å². The number of benzene rings is 1. The normalized spacial score (nSPS) is 21.3. The van der Waals surface area contributed by atoms with E-state index in [4.69, 9.17) is 0 Å². The van der Waals surface area contributed by atoms with Crippen LogP contribution < -0.4 is 10.2 Å². The van der Waals surface area contributed by atoms with Gasteiger partial charge >= 0.3 is 0 Å². The fourth-order valence-electron chi connectivity index (χ4n) is 3.83. The molecular formula is C22H25N3O3S. The third-order valence-electron chi connectivity index (χ3n) is 5.49. The topological polar surface area (TPSA) is 69.7 Å². The van der Waals surface area contributed by atoms with Crippen LogP contribution in [0.5, 0.6) is 0 Å². The van der Waals surface area contributed by atoms with Crippen LogP contribution in [-0.2, 0) is 14.4 Å². The van der Waals surface area contributed by atoms with Gasteiger partial charge in [0.2, 0.25) is 17.7 Å². The van der Waals surface area contributed by atoms with Gasteiger partial charge in [-0.25, -0.2) is 0 Å². The lowest BCUT2D eigenvalue weighted by molar-refractivity contribution is -0.138. The zero-order valence-electron chi connectivity index (χ0n) is 16.6. The predicted molar refractivity (Wildman–Crippen MR) is 113 cm³/mol. The molecule has 1 aliphatic heterocycles. The minimum Gasteiger partial charge on any atom is -0.352 e. The van der Waals surface area contributed by atoms with Crippen LogP contribution in [0.4, 0.5) is 5.69 Å². The van der Waals surface area contributed by atoms with Gasteiger partial charge in [0.15, 0.2) is 0 Å². The largest absolute Gasteiger partial charge is 0.352 e. The maximum Gasteiger partial charge on any atom is 0.239 e. The van der Waals surface area contributed by atoms with Crippen LogP contribution in [0.1, 0.15) is 35.7 Å². The average molecular weight is 412 g/mol. The van der Waals surface area contributed by atoms with Crippen molar-refractivity contribution in [3.63, 3.8) is 0 Å². The summed E-state index contributed by atoms with van der Waals surface area (Å²) in [5.41, 5.74) is 1.91. The molecule has 1 N–H and O–H groups in total. The Morgan fingerprint density at radius 2 is 1.93 bits per heavy atom. The van der Waals surface area contributed by atoms with Crippen molar-refractivity contribution in [3.8, 4) is 0 Å². The van der Waals surface area contributed by atoms with E-state index in [1.807, 2.05) is 48.7 Å². The number of likely N-dealkylation sites (N-methyl/N-ethyl adjacent to an activating group) is 1. The SMILES string of the molecule is Cc1ccc(N2C(=O)CC(C(=O)N(C)CC(=O)NC3CC3)C2c2cccs2)cc1. The number of thiophene rings is 1. The van der Waals surface area contributed by atoms with Crippen LogP contribution in [0.2, 0.25) is 0 Å². The number of amides is 3. The highest BCUT2D eigenvalue weighted by Crippen LogP contribution is 2.43. The maximum absolute atomic E-state index is 13.2. The Bertz CT molecular complexity index is 906. The Hall–Kier alpha value is -2.67. The number of nitrogens with one attached hydrogen (secondary N) is 1. The van der Waals surface area contributed by atoms with E-state index in [0.717, 1.165) is 29.0 Å². The molecule has 152 valence electrons. The molecule has 2 unspecified atom stereocenters. The number of hydrogen-bond donors (Lipinski definition) is 1. The van der Waals surface area contributed by atoms with Crippen LogP contribution >= 0.6 is 11.3 Å². The molecule has 1 aliphatic carbocycles. The van der Waals surface area contributed by atoms with Crippen LogP contribution in [0.15, 0.2) is 41.8 Å². The summed E-state index contributed by atoms with van der Waals surface area (Å²) in [6.07, 6.45) is 2.16. The zero-order chi connectivity index (χ0) is 20.5. The van der Waals surface area contributed by atoms with Crippen molar-refractivity contribution in [3.05, 3.63) is 52.2 Å². The Kier molecular flexibility index (Phi) is 5.41. The molecule has 1 aromatic heterocycles.